The maximum absolute atomic E-state index is 13.0. The van der Waals surface area contributed by atoms with Crippen molar-refractivity contribution in [3.8, 4) is 0 Å². The molecule has 2 amide bonds. The van der Waals surface area contributed by atoms with Crippen molar-refractivity contribution >= 4 is 28.3 Å². The molecule has 30 heavy (non-hydrogen) atoms. The van der Waals surface area contributed by atoms with Crippen molar-refractivity contribution < 1.29 is 9.59 Å². The number of thiazole rings is 1. The first kappa shape index (κ1) is 20.3. The quantitative estimate of drug-likeness (QED) is 0.639. The molecule has 1 unspecified atom stereocenters. The molecule has 0 aliphatic carbocycles. The summed E-state index contributed by atoms with van der Waals surface area (Å²) in [5.74, 6) is -0.112. The molecule has 1 aliphatic heterocycles. The van der Waals surface area contributed by atoms with Crippen molar-refractivity contribution in [2.24, 2.45) is 0 Å². The summed E-state index contributed by atoms with van der Waals surface area (Å²) in [7, 11) is 0. The number of rotatable bonds is 5. The van der Waals surface area contributed by atoms with Gasteiger partial charge in [0, 0.05) is 17.5 Å². The number of nitrogens with one attached hydrogen (secondary N) is 1. The highest BCUT2D eigenvalue weighted by Crippen LogP contribution is 2.33. The van der Waals surface area contributed by atoms with Crippen LogP contribution < -0.4 is 5.32 Å². The molecule has 5 nitrogen and oxygen atoms in total. The summed E-state index contributed by atoms with van der Waals surface area (Å²) in [5.41, 5.74) is 5.00. The van der Waals surface area contributed by atoms with Crippen LogP contribution in [0.5, 0.6) is 0 Å². The SMILES string of the molecule is Cc1ccc(C2CCCN2C(=O)Cc2csc(NC(=O)c3ccccc3)n2)cc1C. The summed E-state index contributed by atoms with van der Waals surface area (Å²) >= 11 is 1.34. The molecule has 1 aromatic heterocycles. The molecule has 0 radical (unpaired) electrons. The van der Waals surface area contributed by atoms with E-state index in [2.05, 4.69) is 42.3 Å². The van der Waals surface area contributed by atoms with Crippen LogP contribution in [-0.2, 0) is 11.2 Å². The zero-order valence-electron chi connectivity index (χ0n) is 17.2. The Bertz CT molecular complexity index is 1060. The van der Waals surface area contributed by atoms with Gasteiger partial charge in [0.1, 0.15) is 0 Å². The number of aromatic nitrogens is 1. The molecular weight excluding hydrogens is 394 g/mol. The van der Waals surface area contributed by atoms with Crippen molar-refractivity contribution in [1.29, 1.82) is 0 Å². The number of amides is 2. The van der Waals surface area contributed by atoms with Crippen molar-refractivity contribution in [1.82, 2.24) is 9.88 Å². The fourth-order valence-corrected chi connectivity index (χ4v) is 4.55. The number of carbonyl (C=O) groups excluding carboxylic acids is 2. The number of aryl methyl sites for hydroxylation is 2. The second kappa shape index (κ2) is 8.79. The number of nitrogens with zero attached hydrogens (tertiary/aromatic N) is 2. The summed E-state index contributed by atoms with van der Waals surface area (Å²) in [6.07, 6.45) is 2.25. The van der Waals surface area contributed by atoms with Gasteiger partial charge in [-0.2, -0.15) is 0 Å². The van der Waals surface area contributed by atoms with Crippen molar-refractivity contribution in [3.05, 3.63) is 81.9 Å². The highest BCUT2D eigenvalue weighted by molar-refractivity contribution is 7.14. The van der Waals surface area contributed by atoms with E-state index in [1.165, 1.54) is 28.0 Å². The van der Waals surface area contributed by atoms with E-state index in [-0.39, 0.29) is 24.3 Å². The van der Waals surface area contributed by atoms with Gasteiger partial charge in [0.2, 0.25) is 5.91 Å². The number of hydrogen-bond acceptors (Lipinski definition) is 4. The Kier molecular flexibility index (Phi) is 5.95. The van der Waals surface area contributed by atoms with Gasteiger partial charge in [-0.3, -0.25) is 14.9 Å². The highest BCUT2D eigenvalue weighted by atomic mass is 32.1. The minimum atomic E-state index is -0.197. The van der Waals surface area contributed by atoms with Gasteiger partial charge in [-0.15, -0.1) is 11.3 Å². The second-order valence-electron chi connectivity index (χ2n) is 7.73. The Balaban J connectivity index is 1.41. The number of anilines is 1. The summed E-state index contributed by atoms with van der Waals surface area (Å²) < 4.78 is 0. The lowest BCUT2D eigenvalue weighted by molar-refractivity contribution is -0.131. The van der Waals surface area contributed by atoms with E-state index in [9.17, 15) is 9.59 Å². The Hall–Kier alpha value is -2.99. The molecule has 1 fully saturated rings. The predicted octanol–water partition coefficient (Wildman–Crippen LogP) is 4.92. The Morgan fingerprint density at radius 1 is 1.13 bits per heavy atom. The van der Waals surface area contributed by atoms with Crippen molar-refractivity contribution in [3.63, 3.8) is 0 Å². The van der Waals surface area contributed by atoms with Gasteiger partial charge in [-0.05, 0) is 55.5 Å². The van der Waals surface area contributed by atoms with Crippen LogP contribution in [0.25, 0.3) is 0 Å². The van der Waals surface area contributed by atoms with Gasteiger partial charge >= 0.3 is 0 Å². The van der Waals surface area contributed by atoms with Gasteiger partial charge in [-0.1, -0.05) is 36.4 Å². The monoisotopic (exact) mass is 419 g/mol. The second-order valence-corrected chi connectivity index (χ2v) is 8.59. The molecule has 1 aliphatic rings. The Morgan fingerprint density at radius 2 is 1.93 bits per heavy atom. The number of benzene rings is 2. The maximum Gasteiger partial charge on any atom is 0.257 e. The summed E-state index contributed by atoms with van der Waals surface area (Å²) in [6, 6.07) is 15.6. The molecule has 0 spiro atoms. The first-order valence-corrected chi connectivity index (χ1v) is 11.1. The zero-order chi connectivity index (χ0) is 21.1. The topological polar surface area (TPSA) is 62.3 Å². The van der Waals surface area contributed by atoms with Crippen molar-refractivity contribution in [2.75, 3.05) is 11.9 Å². The normalized spacial score (nSPS) is 15.9. The average molecular weight is 420 g/mol. The third-order valence-corrected chi connectivity index (χ3v) is 6.44. The maximum atomic E-state index is 13.0. The van der Waals surface area contributed by atoms with E-state index < -0.39 is 0 Å². The van der Waals surface area contributed by atoms with E-state index in [1.807, 2.05) is 28.5 Å². The fraction of sp³-hybridized carbons (Fsp3) is 0.292. The lowest BCUT2D eigenvalue weighted by atomic mass is 9.99. The third kappa shape index (κ3) is 4.44. The molecule has 6 heteroatoms. The molecule has 2 heterocycles. The Labute approximate surface area is 180 Å². The number of carbonyl (C=O) groups is 2. The lowest BCUT2D eigenvalue weighted by Gasteiger charge is -2.25. The van der Waals surface area contributed by atoms with E-state index in [1.54, 1.807) is 12.1 Å². The Morgan fingerprint density at radius 3 is 2.70 bits per heavy atom. The zero-order valence-corrected chi connectivity index (χ0v) is 18.0. The first-order chi connectivity index (χ1) is 14.5. The van der Waals surface area contributed by atoms with Gasteiger partial charge < -0.3 is 4.90 Å². The highest BCUT2D eigenvalue weighted by Gasteiger charge is 2.30. The standard InChI is InChI=1S/C24H25N3O2S/c1-16-10-11-19(13-17(16)2)21-9-6-12-27(21)22(28)14-20-15-30-24(25-20)26-23(29)18-7-4-3-5-8-18/h3-5,7-8,10-11,13,15,21H,6,9,12,14H2,1-2H3,(H,25,26,29). The van der Waals surface area contributed by atoms with E-state index in [4.69, 9.17) is 0 Å². The third-order valence-electron chi connectivity index (χ3n) is 5.63. The summed E-state index contributed by atoms with van der Waals surface area (Å²) in [6.45, 7) is 4.99. The molecule has 3 aromatic rings. The van der Waals surface area contributed by atoms with Gasteiger partial charge in [0.15, 0.2) is 5.13 Å². The number of hydrogen-bond donors (Lipinski definition) is 1. The van der Waals surface area contributed by atoms with Crippen LogP contribution in [0.3, 0.4) is 0 Å². The molecule has 0 saturated carbocycles. The van der Waals surface area contributed by atoms with Crippen LogP contribution in [0.2, 0.25) is 0 Å². The minimum absolute atomic E-state index is 0.0852. The summed E-state index contributed by atoms with van der Waals surface area (Å²) in [4.78, 5) is 31.7. The van der Waals surface area contributed by atoms with Gasteiger partial charge in [-0.25, -0.2) is 4.98 Å². The lowest BCUT2D eigenvalue weighted by Crippen LogP contribution is -2.32. The molecule has 154 valence electrons. The molecule has 1 N–H and O–H groups in total. The molecule has 0 bridgehead atoms. The minimum Gasteiger partial charge on any atom is -0.335 e. The van der Waals surface area contributed by atoms with E-state index in [0.29, 0.717) is 16.4 Å². The van der Waals surface area contributed by atoms with Crippen LogP contribution in [0, 0.1) is 13.8 Å². The summed E-state index contributed by atoms with van der Waals surface area (Å²) in [5, 5.41) is 5.17. The van der Waals surface area contributed by atoms with Crippen LogP contribution in [-0.4, -0.2) is 28.2 Å². The average Bonchev–Trinajstić information content (AvgIpc) is 3.40. The van der Waals surface area contributed by atoms with Crippen LogP contribution in [0.15, 0.2) is 53.9 Å². The molecular formula is C24H25N3O2S. The molecule has 2 aromatic carbocycles. The van der Waals surface area contributed by atoms with E-state index >= 15 is 0 Å². The molecule has 4 rings (SSSR count). The van der Waals surface area contributed by atoms with Gasteiger partial charge in [0.05, 0.1) is 18.2 Å². The van der Waals surface area contributed by atoms with Crippen LogP contribution in [0.1, 0.15) is 51.6 Å². The fourth-order valence-electron chi connectivity index (χ4n) is 3.84. The predicted molar refractivity (Wildman–Crippen MR) is 120 cm³/mol. The smallest absolute Gasteiger partial charge is 0.257 e. The largest absolute Gasteiger partial charge is 0.335 e. The first-order valence-electron chi connectivity index (χ1n) is 10.2. The number of likely N-dealkylation sites (tertiary alicyclic amines) is 1. The van der Waals surface area contributed by atoms with Crippen molar-refractivity contribution in [2.45, 2.75) is 39.2 Å². The molecule has 1 saturated heterocycles. The van der Waals surface area contributed by atoms with E-state index in [0.717, 1.165) is 19.4 Å². The molecule has 1 atom stereocenters. The van der Waals surface area contributed by atoms with Gasteiger partial charge in [0.25, 0.3) is 5.91 Å². The van der Waals surface area contributed by atoms with Crippen LogP contribution in [0.4, 0.5) is 5.13 Å². The van der Waals surface area contributed by atoms with Crippen LogP contribution >= 0.6 is 11.3 Å².